The van der Waals surface area contributed by atoms with Gasteiger partial charge in [-0.2, -0.15) is 0 Å². The van der Waals surface area contributed by atoms with Crippen LogP contribution >= 0.6 is 0 Å². The van der Waals surface area contributed by atoms with Crippen LogP contribution in [-0.4, -0.2) is 36.9 Å². The minimum absolute atomic E-state index is 0.0284. The fourth-order valence-electron chi connectivity index (χ4n) is 7.69. The first-order valence-electron chi connectivity index (χ1n) is 11.8. The number of ether oxygens (including phenoxy) is 1. The first kappa shape index (κ1) is 20.1. The Hall–Kier alpha value is -1.84. The van der Waals surface area contributed by atoms with E-state index in [4.69, 9.17) is 4.74 Å². The van der Waals surface area contributed by atoms with Crippen LogP contribution in [0.2, 0.25) is 0 Å². The predicted octanol–water partition coefficient (Wildman–Crippen LogP) is 4.82. The zero-order valence-electron chi connectivity index (χ0n) is 18.7. The summed E-state index contributed by atoms with van der Waals surface area (Å²) in [4.78, 5) is 28.2. The number of nitrogens with zero attached hydrogens (tertiary/aromatic N) is 1. The number of rotatable bonds is 2. The highest BCUT2D eigenvalue weighted by molar-refractivity contribution is 5.87. The molecule has 0 N–H and O–H groups in total. The Morgan fingerprint density at radius 2 is 1.97 bits per heavy atom. The van der Waals surface area contributed by atoms with Crippen molar-refractivity contribution < 1.29 is 14.3 Å². The highest BCUT2D eigenvalue weighted by Gasteiger charge is 2.60. The van der Waals surface area contributed by atoms with Crippen LogP contribution in [0.3, 0.4) is 0 Å². The molecule has 5 aliphatic rings. The van der Waals surface area contributed by atoms with E-state index in [9.17, 15) is 9.59 Å². The molecule has 1 saturated heterocycles. The molecule has 0 aromatic heterocycles. The summed E-state index contributed by atoms with van der Waals surface area (Å²) >= 11 is 0. The number of hydrogen-bond donors (Lipinski definition) is 0. The molecule has 0 radical (unpaired) electrons. The van der Waals surface area contributed by atoms with Gasteiger partial charge < -0.3 is 9.64 Å². The number of likely N-dealkylation sites (tertiary alicyclic amines) is 1. The second-order valence-electron chi connectivity index (χ2n) is 10.7. The van der Waals surface area contributed by atoms with Gasteiger partial charge in [0.2, 0.25) is 0 Å². The third-order valence-electron chi connectivity index (χ3n) is 9.29. The number of carbonyl (C=O) groups is 2. The second-order valence-corrected chi connectivity index (χ2v) is 10.7. The summed E-state index contributed by atoms with van der Waals surface area (Å²) in [6, 6.07) is 0. The quantitative estimate of drug-likeness (QED) is 0.485. The number of carbonyl (C=O) groups excluding carboxylic acids is 2. The van der Waals surface area contributed by atoms with Crippen molar-refractivity contribution in [2.75, 3.05) is 20.2 Å². The Bertz CT molecular complexity index is 862. The molecule has 0 spiro atoms. The fraction of sp³-hybridized carbons (Fsp3) is 0.692. The van der Waals surface area contributed by atoms with Gasteiger partial charge in [-0.3, -0.25) is 4.79 Å². The van der Waals surface area contributed by atoms with E-state index in [2.05, 4.69) is 30.9 Å². The van der Waals surface area contributed by atoms with Crippen molar-refractivity contribution in [2.45, 2.75) is 65.2 Å². The average molecular weight is 410 g/mol. The Morgan fingerprint density at radius 1 is 1.20 bits per heavy atom. The third kappa shape index (κ3) is 2.85. The summed E-state index contributed by atoms with van der Waals surface area (Å²) in [5, 5.41) is 0. The lowest BCUT2D eigenvalue weighted by atomic mass is 9.48. The summed E-state index contributed by atoms with van der Waals surface area (Å²) in [5.74, 6) is 1.14. The molecule has 162 valence electrons. The summed E-state index contributed by atoms with van der Waals surface area (Å²) < 4.78 is 4.89. The van der Waals surface area contributed by atoms with E-state index in [1.54, 1.807) is 6.08 Å². The number of hydrogen-bond acceptors (Lipinski definition) is 4. The Balaban J connectivity index is 1.48. The molecule has 4 aliphatic carbocycles. The summed E-state index contributed by atoms with van der Waals surface area (Å²) in [7, 11) is 1.43. The number of esters is 1. The minimum atomic E-state index is -0.286. The van der Waals surface area contributed by atoms with Crippen LogP contribution in [0.4, 0.5) is 0 Å². The Kier molecular flexibility index (Phi) is 4.75. The molecule has 2 saturated carbocycles. The zero-order valence-corrected chi connectivity index (χ0v) is 18.7. The SMILES string of the molecule is COC(=O)/C=C1\CC[C@H]2[C@@H]3CC=C4C=C(N5CCCC5)CC[C@]4(C)[C@H]3C(=O)C[C@]12C. The van der Waals surface area contributed by atoms with Crippen LogP contribution < -0.4 is 0 Å². The molecule has 0 amide bonds. The number of fused-ring (bicyclic) bond motifs is 5. The molecule has 1 aliphatic heterocycles. The maximum absolute atomic E-state index is 13.7. The van der Waals surface area contributed by atoms with E-state index < -0.39 is 0 Å². The number of allylic oxidation sites excluding steroid dienone is 5. The van der Waals surface area contributed by atoms with Gasteiger partial charge in [0.1, 0.15) is 5.78 Å². The van der Waals surface area contributed by atoms with Gasteiger partial charge in [0.05, 0.1) is 7.11 Å². The van der Waals surface area contributed by atoms with Crippen molar-refractivity contribution in [2.24, 2.45) is 28.6 Å². The highest BCUT2D eigenvalue weighted by Crippen LogP contribution is 2.64. The molecule has 1 heterocycles. The fourth-order valence-corrected chi connectivity index (χ4v) is 7.69. The zero-order chi connectivity index (χ0) is 21.1. The first-order chi connectivity index (χ1) is 14.4. The van der Waals surface area contributed by atoms with E-state index in [0.29, 0.717) is 24.0 Å². The molecule has 4 heteroatoms. The minimum Gasteiger partial charge on any atom is -0.466 e. The van der Waals surface area contributed by atoms with E-state index in [-0.39, 0.29) is 22.7 Å². The van der Waals surface area contributed by atoms with E-state index in [1.807, 2.05) is 0 Å². The van der Waals surface area contributed by atoms with Gasteiger partial charge in [-0.05, 0) is 73.8 Å². The number of Topliss-reactive ketones (excluding diaryl/α,β-unsaturated/α-hetero) is 1. The molecule has 5 atom stereocenters. The lowest BCUT2D eigenvalue weighted by molar-refractivity contribution is -0.140. The molecule has 0 aromatic carbocycles. The summed E-state index contributed by atoms with van der Waals surface area (Å²) in [6.45, 7) is 6.96. The topological polar surface area (TPSA) is 46.6 Å². The smallest absolute Gasteiger partial charge is 0.330 e. The van der Waals surface area contributed by atoms with Crippen molar-refractivity contribution in [1.29, 1.82) is 0 Å². The number of ketones is 1. The molecular weight excluding hydrogens is 374 g/mol. The maximum Gasteiger partial charge on any atom is 0.330 e. The van der Waals surface area contributed by atoms with Crippen LogP contribution in [0, 0.1) is 28.6 Å². The third-order valence-corrected chi connectivity index (χ3v) is 9.29. The summed E-state index contributed by atoms with van der Waals surface area (Å²) in [6.07, 6.45) is 14.9. The molecule has 3 fully saturated rings. The Morgan fingerprint density at radius 3 is 2.70 bits per heavy atom. The van der Waals surface area contributed by atoms with Crippen LogP contribution in [0.1, 0.15) is 65.2 Å². The molecular formula is C26H35NO3. The van der Waals surface area contributed by atoms with Gasteiger partial charge in [-0.15, -0.1) is 0 Å². The first-order valence-corrected chi connectivity index (χ1v) is 11.8. The van der Waals surface area contributed by atoms with Crippen molar-refractivity contribution >= 4 is 11.8 Å². The lowest BCUT2D eigenvalue weighted by Crippen LogP contribution is -2.53. The van der Waals surface area contributed by atoms with Crippen LogP contribution in [0.5, 0.6) is 0 Å². The molecule has 0 aromatic rings. The standard InChI is InChI=1S/C26H35NO3/c1-25-11-10-19(27-12-4-5-13-27)14-17(25)6-8-20-21-9-7-18(15-23(29)30-3)26(21,2)16-22(28)24(20)25/h6,14-15,20-21,24H,4-5,7-13,16H2,1-3H3/b18-15+/t20-,21-,24+,25-,26+/m0/s1. The van der Waals surface area contributed by atoms with Crippen LogP contribution in [0.15, 0.2) is 35.1 Å². The number of methoxy groups -OCH3 is 1. The van der Waals surface area contributed by atoms with Gasteiger partial charge in [-0.25, -0.2) is 4.79 Å². The normalized spacial score (nSPS) is 41.7. The van der Waals surface area contributed by atoms with E-state index >= 15 is 0 Å². The maximum atomic E-state index is 13.7. The predicted molar refractivity (Wildman–Crippen MR) is 116 cm³/mol. The molecule has 4 nitrogen and oxygen atoms in total. The van der Waals surface area contributed by atoms with E-state index in [1.165, 1.54) is 44.3 Å². The van der Waals surface area contributed by atoms with Gasteiger partial charge in [0, 0.05) is 42.6 Å². The van der Waals surface area contributed by atoms with Gasteiger partial charge >= 0.3 is 5.97 Å². The van der Waals surface area contributed by atoms with Gasteiger partial charge in [0.25, 0.3) is 0 Å². The molecule has 0 unspecified atom stereocenters. The van der Waals surface area contributed by atoms with Crippen LogP contribution in [-0.2, 0) is 14.3 Å². The average Bonchev–Trinajstić information content (AvgIpc) is 3.35. The largest absolute Gasteiger partial charge is 0.466 e. The molecule has 30 heavy (non-hydrogen) atoms. The van der Waals surface area contributed by atoms with E-state index in [0.717, 1.165) is 37.7 Å². The molecule has 0 bridgehead atoms. The highest BCUT2D eigenvalue weighted by atomic mass is 16.5. The monoisotopic (exact) mass is 409 g/mol. The Labute approximate surface area is 180 Å². The van der Waals surface area contributed by atoms with Gasteiger partial charge in [-0.1, -0.05) is 25.5 Å². The van der Waals surface area contributed by atoms with Crippen molar-refractivity contribution in [3.8, 4) is 0 Å². The van der Waals surface area contributed by atoms with Crippen molar-refractivity contribution in [1.82, 2.24) is 4.90 Å². The molecule has 5 rings (SSSR count). The van der Waals surface area contributed by atoms with Crippen LogP contribution in [0.25, 0.3) is 0 Å². The van der Waals surface area contributed by atoms with Gasteiger partial charge in [0.15, 0.2) is 0 Å². The summed E-state index contributed by atoms with van der Waals surface area (Å²) in [5.41, 5.74) is 3.83. The van der Waals surface area contributed by atoms with Crippen molar-refractivity contribution in [3.05, 3.63) is 35.1 Å². The van der Waals surface area contributed by atoms with Crippen molar-refractivity contribution in [3.63, 3.8) is 0 Å². The second kappa shape index (κ2) is 7.10. The lowest BCUT2D eigenvalue weighted by Gasteiger charge is -2.55.